The average molecular weight is 679 g/mol. The minimum absolute atomic E-state index is 0.00923. The zero-order valence-electron chi connectivity index (χ0n) is 28.9. The fourth-order valence-corrected chi connectivity index (χ4v) is 6.68. The van der Waals surface area contributed by atoms with Crippen LogP contribution < -0.4 is 0 Å². The second-order valence-corrected chi connectivity index (χ2v) is 14.1. The van der Waals surface area contributed by atoms with Crippen LogP contribution in [0, 0.1) is 0 Å². The Morgan fingerprint density at radius 3 is 2.42 bits per heavy atom. The number of rotatable bonds is 5. The zero-order valence-corrected chi connectivity index (χ0v) is 28.9. The lowest BCUT2D eigenvalue weighted by Gasteiger charge is -2.35. The van der Waals surface area contributed by atoms with E-state index in [-0.39, 0.29) is 23.8 Å². The molecular formula is C38H42N6O6. The molecule has 260 valence electrons. The van der Waals surface area contributed by atoms with E-state index in [9.17, 15) is 19.5 Å². The first-order chi connectivity index (χ1) is 23.9. The van der Waals surface area contributed by atoms with Crippen LogP contribution in [0.1, 0.15) is 83.8 Å². The van der Waals surface area contributed by atoms with Crippen molar-refractivity contribution in [1.29, 1.82) is 0 Å². The van der Waals surface area contributed by atoms with Crippen LogP contribution in [0.4, 0.5) is 4.79 Å². The molecule has 2 saturated heterocycles. The Kier molecular flexibility index (Phi) is 8.81. The third-order valence-electron chi connectivity index (χ3n) is 9.28. The van der Waals surface area contributed by atoms with Gasteiger partial charge in [-0.25, -0.2) is 14.5 Å². The van der Waals surface area contributed by atoms with Gasteiger partial charge >= 0.3 is 6.09 Å². The molecule has 2 fully saturated rings. The van der Waals surface area contributed by atoms with Crippen LogP contribution in [0.2, 0.25) is 0 Å². The van der Waals surface area contributed by atoms with E-state index in [0.29, 0.717) is 72.9 Å². The Balaban J connectivity index is 1.31. The fraction of sp³-hybridized carbons (Fsp3) is 0.395. The highest BCUT2D eigenvalue weighted by molar-refractivity contribution is 6.09. The molecule has 1 atom stereocenters. The van der Waals surface area contributed by atoms with Crippen LogP contribution in [0.15, 0.2) is 48.5 Å². The molecule has 0 spiro atoms. The topological polar surface area (TPSA) is 130 Å². The highest BCUT2D eigenvalue weighted by Gasteiger charge is 2.32. The molecule has 1 N–H and O–H groups in total. The quantitative estimate of drug-likeness (QED) is 0.274. The van der Waals surface area contributed by atoms with Gasteiger partial charge in [0.1, 0.15) is 11.4 Å². The van der Waals surface area contributed by atoms with E-state index in [1.165, 1.54) is 0 Å². The van der Waals surface area contributed by atoms with Gasteiger partial charge < -0.3 is 29.3 Å². The van der Waals surface area contributed by atoms with Crippen molar-refractivity contribution < 1.29 is 29.0 Å². The molecule has 7 rings (SSSR count). The Morgan fingerprint density at radius 1 is 0.980 bits per heavy atom. The molecule has 2 aromatic heterocycles. The van der Waals surface area contributed by atoms with Crippen molar-refractivity contribution in [1.82, 2.24) is 29.5 Å². The molecule has 3 amide bonds. The van der Waals surface area contributed by atoms with Crippen LogP contribution in [-0.2, 0) is 16.0 Å². The van der Waals surface area contributed by atoms with E-state index in [1.807, 2.05) is 51.1 Å². The van der Waals surface area contributed by atoms with Gasteiger partial charge in [-0.1, -0.05) is 18.2 Å². The lowest BCUT2D eigenvalue weighted by Crippen LogP contribution is -2.51. The normalized spacial score (nSPS) is 18.3. The fourth-order valence-electron chi connectivity index (χ4n) is 6.68. The molecule has 0 radical (unpaired) electrons. The third kappa shape index (κ3) is 6.67. The molecule has 0 aliphatic carbocycles. The number of ether oxygens (including phenoxy) is 2. The van der Waals surface area contributed by atoms with Gasteiger partial charge in [0.25, 0.3) is 11.8 Å². The summed E-state index contributed by atoms with van der Waals surface area (Å²) in [4.78, 5) is 50.2. The van der Waals surface area contributed by atoms with Crippen LogP contribution in [-0.4, -0.2) is 97.9 Å². The number of aromatic nitrogens is 3. The van der Waals surface area contributed by atoms with Crippen molar-refractivity contribution in [3.63, 3.8) is 0 Å². The summed E-state index contributed by atoms with van der Waals surface area (Å²) in [6.07, 6.45) is 5.70. The van der Waals surface area contributed by atoms with Crippen molar-refractivity contribution in [2.75, 3.05) is 39.8 Å². The smallest absolute Gasteiger partial charge is 0.410 e. The van der Waals surface area contributed by atoms with E-state index in [2.05, 4.69) is 0 Å². The van der Waals surface area contributed by atoms with E-state index < -0.39 is 11.7 Å². The maximum absolute atomic E-state index is 14.6. The molecule has 12 heteroatoms. The second kappa shape index (κ2) is 13.2. The number of phenols is 1. The number of nitrogens with zero attached hydrogens (tertiary/aromatic N) is 6. The number of hydrogen-bond acceptors (Lipinski definition) is 8. The van der Waals surface area contributed by atoms with Gasteiger partial charge in [-0.15, -0.1) is 0 Å². The number of piperazine rings is 1. The number of aromatic hydroxyl groups is 1. The maximum Gasteiger partial charge on any atom is 0.410 e. The first-order valence-electron chi connectivity index (χ1n) is 17.1. The summed E-state index contributed by atoms with van der Waals surface area (Å²) in [6, 6.07) is 14.3. The predicted octanol–water partition coefficient (Wildman–Crippen LogP) is 5.95. The summed E-state index contributed by atoms with van der Waals surface area (Å²) in [5, 5.41) is 15.6. The minimum atomic E-state index is -0.616. The molecule has 12 nitrogen and oxygen atoms in total. The summed E-state index contributed by atoms with van der Waals surface area (Å²) >= 11 is 0. The average Bonchev–Trinajstić information content (AvgIpc) is 3.62. The van der Waals surface area contributed by atoms with Crippen LogP contribution >= 0.6 is 0 Å². The van der Waals surface area contributed by atoms with E-state index >= 15 is 0 Å². The Labute approximate surface area is 290 Å². The number of pyridine rings is 1. The monoisotopic (exact) mass is 678 g/mol. The van der Waals surface area contributed by atoms with Gasteiger partial charge in [0.15, 0.2) is 11.9 Å². The molecule has 5 heterocycles. The molecule has 1 unspecified atom stereocenters. The van der Waals surface area contributed by atoms with Crippen LogP contribution in [0.25, 0.3) is 34.4 Å². The first kappa shape index (κ1) is 33.3. The van der Waals surface area contributed by atoms with Crippen molar-refractivity contribution in [3.8, 4) is 17.0 Å². The second-order valence-electron chi connectivity index (χ2n) is 14.1. The molecule has 3 aliphatic rings. The van der Waals surface area contributed by atoms with Crippen molar-refractivity contribution in [2.45, 2.75) is 58.4 Å². The van der Waals surface area contributed by atoms with Crippen molar-refractivity contribution in [2.24, 2.45) is 0 Å². The molecule has 4 aromatic rings. The highest BCUT2D eigenvalue weighted by Crippen LogP contribution is 2.34. The minimum Gasteiger partial charge on any atom is -0.508 e. The van der Waals surface area contributed by atoms with Gasteiger partial charge in [0, 0.05) is 57.5 Å². The molecule has 0 bridgehead atoms. The van der Waals surface area contributed by atoms with E-state index in [4.69, 9.17) is 19.6 Å². The molecule has 50 heavy (non-hydrogen) atoms. The molecule has 2 aromatic carbocycles. The van der Waals surface area contributed by atoms with Crippen LogP contribution in [0.5, 0.6) is 5.75 Å². The third-order valence-corrected chi connectivity index (χ3v) is 9.28. The Hall–Kier alpha value is -5.23. The van der Waals surface area contributed by atoms with Gasteiger partial charge in [0.05, 0.1) is 22.3 Å². The number of carbonyl (C=O) groups is 3. The Bertz CT molecular complexity index is 1980. The first-order valence-corrected chi connectivity index (χ1v) is 17.1. The van der Waals surface area contributed by atoms with Gasteiger partial charge in [-0.3, -0.25) is 9.59 Å². The SMILES string of the molecule is CN1Cc2ccc(C=Cc3nn(C4CCCCO4)c4nc(-c5ccc(O)cc5)cc(C(=O)N5CCN(C(=O)OC(C)(C)C)CC5)c34)cc2C1=O. The standard InChI is InChI=1S/C38H42N6O6/c1-38(2,3)50-37(48)43-18-16-42(17-19-43)36(47)29-22-31(25-11-13-27(45)14-12-25)39-34-33(29)30(40-44(34)32-7-5-6-20-49-32)15-9-24-8-10-26-23-41(4)35(46)28(26)21-24/h8-15,21-22,32,45H,5-7,16-20,23H2,1-4H3. The maximum atomic E-state index is 14.6. The van der Waals surface area contributed by atoms with Crippen molar-refractivity contribution >= 4 is 41.1 Å². The van der Waals surface area contributed by atoms with Gasteiger partial charge in [-0.05, 0) is 93.6 Å². The van der Waals surface area contributed by atoms with Gasteiger partial charge in [0.2, 0.25) is 0 Å². The predicted molar refractivity (Wildman–Crippen MR) is 188 cm³/mol. The molecular weight excluding hydrogens is 636 g/mol. The number of carbonyl (C=O) groups excluding carboxylic acids is 3. The summed E-state index contributed by atoms with van der Waals surface area (Å²) < 4.78 is 13.5. The van der Waals surface area contributed by atoms with Crippen LogP contribution in [0.3, 0.4) is 0 Å². The lowest BCUT2D eigenvalue weighted by atomic mass is 10.0. The number of fused-ring (bicyclic) bond motifs is 2. The largest absolute Gasteiger partial charge is 0.508 e. The van der Waals surface area contributed by atoms with Gasteiger partial charge in [-0.2, -0.15) is 5.10 Å². The number of phenolic OH excluding ortho intramolecular Hbond substituents is 1. The summed E-state index contributed by atoms with van der Waals surface area (Å²) in [7, 11) is 1.79. The van der Waals surface area contributed by atoms with E-state index in [1.54, 1.807) is 56.8 Å². The number of benzene rings is 2. The number of hydrogen-bond donors (Lipinski definition) is 1. The highest BCUT2D eigenvalue weighted by atomic mass is 16.6. The molecule has 0 saturated carbocycles. The zero-order chi connectivity index (χ0) is 35.2. The lowest BCUT2D eigenvalue weighted by molar-refractivity contribution is -0.0370. The summed E-state index contributed by atoms with van der Waals surface area (Å²) in [6.45, 7) is 8.02. The summed E-state index contributed by atoms with van der Waals surface area (Å²) in [5.41, 5.74) is 4.68. The van der Waals surface area contributed by atoms with Crippen molar-refractivity contribution in [3.05, 3.63) is 76.5 Å². The summed E-state index contributed by atoms with van der Waals surface area (Å²) in [5.74, 6) is -0.0850. The molecule has 3 aliphatic heterocycles. The van der Waals surface area contributed by atoms with E-state index in [0.717, 1.165) is 36.0 Å². The Morgan fingerprint density at radius 2 is 1.72 bits per heavy atom. The number of amides is 3.